The molecule has 1 N–H and O–H groups in total. The highest BCUT2D eigenvalue weighted by atomic mass is 35.5. The molecule has 0 spiro atoms. The highest BCUT2D eigenvalue weighted by Gasteiger charge is 2.20. The summed E-state index contributed by atoms with van der Waals surface area (Å²) in [5.74, 6) is 0.578. The minimum atomic E-state index is -0.181. The van der Waals surface area contributed by atoms with Crippen LogP contribution in [-0.2, 0) is 4.79 Å². The summed E-state index contributed by atoms with van der Waals surface area (Å²) < 4.78 is 1.95. The van der Waals surface area contributed by atoms with E-state index >= 15 is 0 Å². The first-order chi connectivity index (χ1) is 16.0. The molecular weight excluding hydrogens is 454 g/mol. The summed E-state index contributed by atoms with van der Waals surface area (Å²) in [4.78, 5) is 12.6. The van der Waals surface area contributed by atoms with E-state index < -0.39 is 0 Å². The summed E-state index contributed by atoms with van der Waals surface area (Å²) in [6.45, 7) is 4.05. The lowest BCUT2D eigenvalue weighted by molar-refractivity contribution is -0.113. The average molecular weight is 474 g/mol. The predicted molar refractivity (Wildman–Crippen MR) is 132 cm³/mol. The minimum absolute atomic E-state index is 0.144. The molecular formula is C25H20ClN5OS. The van der Waals surface area contributed by atoms with E-state index in [1.54, 1.807) is 24.3 Å². The molecule has 0 fully saturated rings. The van der Waals surface area contributed by atoms with Gasteiger partial charge in [0.05, 0.1) is 28.1 Å². The van der Waals surface area contributed by atoms with E-state index in [1.165, 1.54) is 11.8 Å². The number of aromatic nitrogens is 3. The van der Waals surface area contributed by atoms with Crippen molar-refractivity contribution in [2.24, 2.45) is 0 Å². The smallest absolute Gasteiger partial charge is 0.234 e. The summed E-state index contributed by atoms with van der Waals surface area (Å²) in [6.07, 6.45) is 0. The van der Waals surface area contributed by atoms with E-state index in [-0.39, 0.29) is 11.7 Å². The fourth-order valence-electron chi connectivity index (χ4n) is 3.31. The number of hydrogen-bond donors (Lipinski definition) is 1. The zero-order chi connectivity index (χ0) is 23.4. The van der Waals surface area contributed by atoms with E-state index in [0.717, 1.165) is 22.4 Å². The summed E-state index contributed by atoms with van der Waals surface area (Å²) in [5, 5.41) is 21.7. The monoisotopic (exact) mass is 473 g/mol. The largest absolute Gasteiger partial charge is 0.325 e. The third-order valence-electron chi connectivity index (χ3n) is 4.98. The van der Waals surface area contributed by atoms with Crippen LogP contribution in [0, 0.1) is 25.2 Å². The number of amides is 1. The number of benzene rings is 3. The van der Waals surface area contributed by atoms with Gasteiger partial charge < -0.3 is 5.32 Å². The Morgan fingerprint density at radius 2 is 1.85 bits per heavy atom. The van der Waals surface area contributed by atoms with Crippen LogP contribution in [0.5, 0.6) is 0 Å². The molecule has 0 atom stereocenters. The Kier molecular flexibility index (Phi) is 6.78. The molecule has 0 saturated carbocycles. The SMILES string of the molecule is Cc1ccc(C)c(-n2c(SCC(=O)Nc3ccc(C#N)cc3)nnc2-c2ccccc2Cl)c1. The van der Waals surface area contributed by atoms with Crippen molar-refractivity contribution in [1.29, 1.82) is 5.26 Å². The summed E-state index contributed by atoms with van der Waals surface area (Å²) in [5.41, 5.74) is 5.02. The second-order valence-corrected chi connectivity index (χ2v) is 8.79. The van der Waals surface area contributed by atoms with E-state index in [0.29, 0.717) is 27.3 Å². The first-order valence-electron chi connectivity index (χ1n) is 10.2. The second kappa shape index (κ2) is 9.90. The third-order valence-corrected chi connectivity index (χ3v) is 6.24. The van der Waals surface area contributed by atoms with E-state index in [9.17, 15) is 4.79 Å². The molecule has 0 aliphatic carbocycles. The van der Waals surface area contributed by atoms with Crippen LogP contribution < -0.4 is 5.32 Å². The molecule has 4 aromatic rings. The lowest BCUT2D eigenvalue weighted by Crippen LogP contribution is -2.14. The van der Waals surface area contributed by atoms with Gasteiger partial charge >= 0.3 is 0 Å². The molecule has 6 nitrogen and oxygen atoms in total. The van der Waals surface area contributed by atoms with Crippen molar-refractivity contribution in [2.75, 3.05) is 11.1 Å². The fraction of sp³-hybridized carbons (Fsp3) is 0.120. The average Bonchev–Trinajstić information content (AvgIpc) is 3.23. The molecule has 0 unspecified atom stereocenters. The molecule has 0 radical (unpaired) electrons. The van der Waals surface area contributed by atoms with Crippen molar-refractivity contribution >= 4 is 35.0 Å². The Balaban J connectivity index is 1.64. The molecule has 8 heteroatoms. The molecule has 0 bridgehead atoms. The second-order valence-electron chi connectivity index (χ2n) is 7.44. The number of rotatable bonds is 6. The van der Waals surface area contributed by atoms with Crippen LogP contribution in [0.1, 0.15) is 16.7 Å². The highest BCUT2D eigenvalue weighted by Crippen LogP contribution is 2.33. The number of carbonyl (C=O) groups is 1. The molecule has 164 valence electrons. The first-order valence-corrected chi connectivity index (χ1v) is 11.5. The quantitative estimate of drug-likeness (QED) is 0.357. The Hall–Kier alpha value is -3.60. The van der Waals surface area contributed by atoms with Gasteiger partial charge in [0.1, 0.15) is 0 Å². The lowest BCUT2D eigenvalue weighted by Gasteiger charge is -2.14. The number of nitrogens with one attached hydrogen (secondary N) is 1. The van der Waals surface area contributed by atoms with Gasteiger partial charge in [-0.15, -0.1) is 10.2 Å². The van der Waals surface area contributed by atoms with Crippen LogP contribution in [0.25, 0.3) is 17.1 Å². The van der Waals surface area contributed by atoms with Gasteiger partial charge in [0.15, 0.2) is 11.0 Å². The van der Waals surface area contributed by atoms with Crippen LogP contribution in [0.3, 0.4) is 0 Å². The minimum Gasteiger partial charge on any atom is -0.325 e. The maximum absolute atomic E-state index is 12.6. The van der Waals surface area contributed by atoms with Crippen molar-refractivity contribution in [3.8, 4) is 23.1 Å². The number of aryl methyl sites for hydroxylation is 2. The van der Waals surface area contributed by atoms with Gasteiger partial charge in [-0.2, -0.15) is 5.26 Å². The third kappa shape index (κ3) is 5.08. The fourth-order valence-corrected chi connectivity index (χ4v) is 4.28. The number of nitriles is 1. The maximum atomic E-state index is 12.6. The lowest BCUT2D eigenvalue weighted by atomic mass is 10.1. The van der Waals surface area contributed by atoms with Gasteiger partial charge in [-0.1, -0.05) is 47.6 Å². The van der Waals surface area contributed by atoms with Crippen LogP contribution in [0.4, 0.5) is 5.69 Å². The van der Waals surface area contributed by atoms with Gasteiger partial charge in [-0.05, 0) is 67.4 Å². The van der Waals surface area contributed by atoms with Gasteiger partial charge in [-0.25, -0.2) is 0 Å². The van der Waals surface area contributed by atoms with Crippen molar-refractivity contribution in [3.63, 3.8) is 0 Å². The molecule has 0 aliphatic heterocycles. The van der Waals surface area contributed by atoms with Crippen molar-refractivity contribution < 1.29 is 4.79 Å². The van der Waals surface area contributed by atoms with E-state index in [4.69, 9.17) is 16.9 Å². The Bertz CT molecular complexity index is 1360. The van der Waals surface area contributed by atoms with Gasteiger partial charge in [0, 0.05) is 11.3 Å². The van der Waals surface area contributed by atoms with Crippen molar-refractivity contribution in [1.82, 2.24) is 14.8 Å². The standard InChI is InChI=1S/C25H20ClN5OS/c1-16-7-8-17(2)22(13-16)31-24(20-5-3-4-6-21(20)26)29-30-25(31)33-15-23(32)28-19-11-9-18(14-27)10-12-19/h3-13H,15H2,1-2H3,(H,28,32). The number of thioether (sulfide) groups is 1. The zero-order valence-corrected chi connectivity index (χ0v) is 19.6. The van der Waals surface area contributed by atoms with Crippen LogP contribution in [0.15, 0.2) is 71.9 Å². The predicted octanol–water partition coefficient (Wildman–Crippen LogP) is 5.81. The zero-order valence-electron chi connectivity index (χ0n) is 18.0. The molecule has 1 amide bonds. The number of nitrogens with zero attached hydrogens (tertiary/aromatic N) is 4. The number of hydrogen-bond acceptors (Lipinski definition) is 5. The van der Waals surface area contributed by atoms with Crippen molar-refractivity contribution in [2.45, 2.75) is 19.0 Å². The van der Waals surface area contributed by atoms with Gasteiger partial charge in [-0.3, -0.25) is 9.36 Å². The maximum Gasteiger partial charge on any atom is 0.234 e. The topological polar surface area (TPSA) is 83.6 Å². The van der Waals surface area contributed by atoms with Crippen LogP contribution in [-0.4, -0.2) is 26.4 Å². The molecule has 0 saturated heterocycles. The molecule has 0 aliphatic rings. The van der Waals surface area contributed by atoms with Gasteiger partial charge in [0.25, 0.3) is 0 Å². The van der Waals surface area contributed by atoms with E-state index in [2.05, 4.69) is 33.7 Å². The first kappa shape index (κ1) is 22.6. The Morgan fingerprint density at radius 3 is 2.58 bits per heavy atom. The number of carbonyl (C=O) groups excluding carboxylic acids is 1. The molecule has 1 aromatic heterocycles. The summed E-state index contributed by atoms with van der Waals surface area (Å²) in [7, 11) is 0. The Morgan fingerprint density at radius 1 is 1.09 bits per heavy atom. The number of anilines is 1. The van der Waals surface area contributed by atoms with Gasteiger partial charge in [0.2, 0.25) is 5.91 Å². The Labute approximate surface area is 201 Å². The van der Waals surface area contributed by atoms with E-state index in [1.807, 2.05) is 48.7 Å². The molecule has 3 aromatic carbocycles. The molecule has 1 heterocycles. The number of halogens is 1. The normalized spacial score (nSPS) is 10.6. The van der Waals surface area contributed by atoms with Crippen molar-refractivity contribution in [3.05, 3.63) is 88.4 Å². The summed E-state index contributed by atoms with van der Waals surface area (Å²) >= 11 is 7.76. The van der Waals surface area contributed by atoms with Crippen LogP contribution in [0.2, 0.25) is 5.02 Å². The molecule has 4 rings (SSSR count). The summed E-state index contributed by atoms with van der Waals surface area (Å²) in [6, 6.07) is 22.5. The van der Waals surface area contributed by atoms with Crippen LogP contribution >= 0.6 is 23.4 Å². The highest BCUT2D eigenvalue weighted by molar-refractivity contribution is 7.99. The molecule has 33 heavy (non-hydrogen) atoms.